The van der Waals surface area contributed by atoms with Gasteiger partial charge in [0.25, 0.3) is 10.3 Å². The van der Waals surface area contributed by atoms with Crippen LogP contribution < -0.4 is 13.9 Å². The molecule has 2 aromatic rings. The molecule has 0 bridgehead atoms. The monoisotopic (exact) mass is 332 g/mol. The second-order valence-electron chi connectivity index (χ2n) is 3.97. The normalized spacial score (nSPS) is 8.71. The Labute approximate surface area is 152 Å². The van der Waals surface area contributed by atoms with Crippen LogP contribution in [0, 0.1) is 0 Å². The van der Waals surface area contributed by atoms with Crippen LogP contribution in [0.15, 0.2) is 42.5 Å². The molecule has 0 aromatic heterocycles. The van der Waals surface area contributed by atoms with Gasteiger partial charge in [-0.1, -0.05) is 0 Å². The summed E-state index contributed by atoms with van der Waals surface area (Å²) < 4.78 is 1.49. The number of thiocarbonyl (C=S) groups is 2. The van der Waals surface area contributed by atoms with Crippen molar-refractivity contribution < 1.29 is 10.2 Å². The summed E-state index contributed by atoms with van der Waals surface area (Å²) in [5, 5.41) is 20.4. The van der Waals surface area contributed by atoms with E-state index >= 15 is 0 Å². The molecule has 0 saturated heterocycles. The van der Waals surface area contributed by atoms with Crippen LogP contribution in [-0.2, 0) is 0 Å². The third kappa shape index (κ3) is 10.4. The summed E-state index contributed by atoms with van der Waals surface area (Å²) in [7, 11) is 0. The van der Waals surface area contributed by atoms with E-state index in [2.05, 4.69) is 78.0 Å². The SMILES string of the molecule is CCNC(O)=S.NC(O)=S.[Na][c]1cccc2ccccc12. The minimum atomic E-state index is -0.500. The number of aliphatic hydroxyl groups is 2. The molecule has 2 rings (SSSR count). The van der Waals surface area contributed by atoms with Gasteiger partial charge in [-0.05, 0) is 31.4 Å². The van der Waals surface area contributed by atoms with E-state index in [1.165, 1.54) is 13.6 Å². The second-order valence-corrected chi connectivity index (χ2v) is 5.85. The summed E-state index contributed by atoms with van der Waals surface area (Å²) in [6.07, 6.45) is 0. The third-order valence-electron chi connectivity index (χ3n) is 2.34. The van der Waals surface area contributed by atoms with Crippen molar-refractivity contribution in [2.75, 3.05) is 6.54 Å². The second kappa shape index (κ2) is 11.7. The standard InChI is InChI=1S/C10H7.C3H7NOS.CH3NOS.Na/c1-2-6-10-8-4-3-7-9(10)5-1;1-2-4-3(5)6;2-1(3)4;/h1-7H;2H2,1H3,(H2,4,5,6);(H3,2,3,4);. The molecule has 4 nitrogen and oxygen atoms in total. The first-order valence-corrected chi connectivity index (χ1v) is 8.09. The summed E-state index contributed by atoms with van der Waals surface area (Å²) in [6.45, 7) is 2.55. The molecular formula is C14H17N2NaO2S2. The van der Waals surface area contributed by atoms with E-state index < -0.39 is 5.17 Å². The van der Waals surface area contributed by atoms with Crippen molar-refractivity contribution in [1.82, 2.24) is 5.32 Å². The Hall–Kier alpha value is -0.920. The van der Waals surface area contributed by atoms with Gasteiger partial charge in [-0.2, -0.15) is 0 Å². The number of rotatable bonds is 1. The fourth-order valence-electron chi connectivity index (χ4n) is 1.54. The van der Waals surface area contributed by atoms with Gasteiger partial charge in [0.05, 0.1) is 0 Å². The Morgan fingerprint density at radius 3 is 2.10 bits per heavy atom. The Morgan fingerprint density at radius 1 is 1.14 bits per heavy atom. The summed E-state index contributed by atoms with van der Waals surface area (Å²) in [5.74, 6) is 0. The van der Waals surface area contributed by atoms with Crippen molar-refractivity contribution in [3.63, 3.8) is 0 Å². The van der Waals surface area contributed by atoms with Crippen molar-refractivity contribution in [1.29, 1.82) is 0 Å². The number of hydrogen-bond acceptors (Lipinski definition) is 2. The van der Waals surface area contributed by atoms with Crippen LogP contribution in [0.2, 0.25) is 0 Å². The summed E-state index contributed by atoms with van der Waals surface area (Å²) in [5.41, 5.74) is 4.40. The Morgan fingerprint density at radius 2 is 1.67 bits per heavy atom. The van der Waals surface area contributed by atoms with Gasteiger partial charge in [-0.15, -0.1) is 0 Å². The van der Waals surface area contributed by atoms with Gasteiger partial charge in [0, 0.05) is 6.54 Å². The molecule has 0 unspecified atom stereocenters. The predicted molar refractivity (Wildman–Crippen MR) is 97.7 cm³/mol. The maximum atomic E-state index is 8.17. The number of nitrogens with two attached hydrogens (primary N) is 1. The molecule has 0 aliphatic heterocycles. The molecule has 0 heterocycles. The molecule has 0 atom stereocenters. The summed E-state index contributed by atoms with van der Waals surface area (Å²) >= 11 is 9.25. The molecule has 7 heteroatoms. The van der Waals surface area contributed by atoms with E-state index in [0.717, 1.165) is 27.9 Å². The van der Waals surface area contributed by atoms with Crippen LogP contribution in [0.4, 0.5) is 0 Å². The fourth-order valence-corrected chi connectivity index (χ4v) is 2.33. The molecule has 5 N–H and O–H groups in total. The molecule has 0 aliphatic carbocycles. The van der Waals surface area contributed by atoms with E-state index in [1.807, 2.05) is 6.92 Å². The van der Waals surface area contributed by atoms with Crippen molar-refractivity contribution in [3.05, 3.63) is 42.5 Å². The average Bonchev–Trinajstić information content (AvgIpc) is 2.39. The van der Waals surface area contributed by atoms with Crippen molar-refractivity contribution >= 4 is 76.3 Å². The van der Waals surface area contributed by atoms with Gasteiger partial charge in [-0.3, -0.25) is 0 Å². The van der Waals surface area contributed by atoms with Crippen molar-refractivity contribution in [2.24, 2.45) is 5.73 Å². The molecule has 0 aliphatic rings. The average molecular weight is 332 g/mol. The molecule has 108 valence electrons. The van der Waals surface area contributed by atoms with Crippen LogP contribution in [0.25, 0.3) is 10.8 Å². The van der Waals surface area contributed by atoms with E-state index in [1.54, 1.807) is 0 Å². The van der Waals surface area contributed by atoms with Crippen molar-refractivity contribution in [3.8, 4) is 0 Å². The number of hydrogen-bond donors (Lipinski definition) is 4. The van der Waals surface area contributed by atoms with E-state index in [-0.39, 0.29) is 5.17 Å². The van der Waals surface area contributed by atoms with E-state index in [4.69, 9.17) is 10.2 Å². The van der Waals surface area contributed by atoms with Crippen LogP contribution in [0.3, 0.4) is 0 Å². The van der Waals surface area contributed by atoms with Gasteiger partial charge in [0.1, 0.15) is 0 Å². The molecule has 0 saturated carbocycles. The molecule has 0 spiro atoms. The number of aliphatic hydroxyl groups excluding tert-OH is 2. The summed E-state index contributed by atoms with van der Waals surface area (Å²) in [4.78, 5) is 0. The fraction of sp³-hybridized carbons (Fsp3) is 0.143. The quantitative estimate of drug-likeness (QED) is 0.472. The Bertz CT molecular complexity index is 585. The van der Waals surface area contributed by atoms with E-state index in [9.17, 15) is 0 Å². The van der Waals surface area contributed by atoms with Gasteiger partial charge in [0.15, 0.2) is 0 Å². The first-order valence-electron chi connectivity index (χ1n) is 6.28. The predicted octanol–water partition coefficient (Wildman–Crippen LogP) is 1.86. The van der Waals surface area contributed by atoms with Crippen LogP contribution >= 0.6 is 24.4 Å². The number of benzene rings is 2. The topological polar surface area (TPSA) is 78.5 Å². The van der Waals surface area contributed by atoms with E-state index in [0.29, 0.717) is 6.54 Å². The minimum absolute atomic E-state index is 0.127. The zero-order valence-electron chi connectivity index (χ0n) is 12.0. The third-order valence-corrected chi connectivity index (χ3v) is 3.35. The molecular weight excluding hydrogens is 315 g/mol. The number of nitrogens with one attached hydrogen (secondary N) is 1. The van der Waals surface area contributed by atoms with Crippen LogP contribution in [-0.4, -0.2) is 55.0 Å². The van der Waals surface area contributed by atoms with Gasteiger partial charge in [-0.25, -0.2) is 0 Å². The van der Waals surface area contributed by atoms with Gasteiger partial charge in [0.2, 0.25) is 0 Å². The van der Waals surface area contributed by atoms with Crippen LogP contribution in [0.1, 0.15) is 6.92 Å². The van der Waals surface area contributed by atoms with Crippen molar-refractivity contribution in [2.45, 2.75) is 6.92 Å². The Balaban J connectivity index is 0.000000342. The molecule has 0 fully saturated rings. The molecule has 0 radical (unpaired) electrons. The first kappa shape index (κ1) is 20.1. The maximum absolute atomic E-state index is 8.17. The molecule has 0 amide bonds. The summed E-state index contributed by atoms with van der Waals surface area (Å²) in [6, 6.07) is 15.0. The zero-order valence-corrected chi connectivity index (χ0v) is 15.7. The first-order chi connectivity index (χ1) is 9.88. The van der Waals surface area contributed by atoms with Gasteiger partial charge >= 0.3 is 84.0 Å². The molecule has 2 aromatic carbocycles. The van der Waals surface area contributed by atoms with Gasteiger partial charge < -0.3 is 21.3 Å². The molecule has 21 heavy (non-hydrogen) atoms. The van der Waals surface area contributed by atoms with Crippen LogP contribution in [0.5, 0.6) is 0 Å². The zero-order chi connectivity index (χ0) is 16.3. The Kier molecular flexibility index (Phi) is 11.2. The number of fused-ring (bicyclic) bond motifs is 1.